The minimum absolute atomic E-state index is 0.215. The van der Waals surface area contributed by atoms with Crippen molar-refractivity contribution in [3.8, 4) is 0 Å². The summed E-state index contributed by atoms with van der Waals surface area (Å²) < 4.78 is 25.0. The van der Waals surface area contributed by atoms with Crippen molar-refractivity contribution < 1.29 is 28.3 Å². The quantitative estimate of drug-likeness (QED) is 0.731. The van der Waals surface area contributed by atoms with Gasteiger partial charge < -0.3 is 10.0 Å². The highest BCUT2D eigenvalue weighted by atomic mass is 32.1. The van der Waals surface area contributed by atoms with Crippen LogP contribution in [0.25, 0.3) is 0 Å². The van der Waals surface area contributed by atoms with Crippen molar-refractivity contribution in [1.29, 1.82) is 0 Å². The number of thiol groups is 1. The molecule has 2 atom stereocenters. The van der Waals surface area contributed by atoms with Crippen LogP contribution < -0.4 is 0 Å². The Morgan fingerprint density at radius 3 is 2.44 bits per heavy atom. The highest BCUT2D eigenvalue weighted by molar-refractivity contribution is 7.96. The van der Waals surface area contributed by atoms with E-state index in [2.05, 4.69) is 12.6 Å². The molecule has 1 aliphatic heterocycles. The van der Waals surface area contributed by atoms with Crippen LogP contribution in [0.1, 0.15) is 19.3 Å². The fraction of sp³-hybridized carbons (Fsp3) is 0.700. The van der Waals surface area contributed by atoms with Gasteiger partial charge in [-0.25, -0.2) is 13.6 Å². The van der Waals surface area contributed by atoms with Crippen LogP contribution in [0, 0.1) is 5.92 Å². The van der Waals surface area contributed by atoms with Crippen LogP contribution in [-0.2, 0) is 14.4 Å². The molecule has 0 bridgehead atoms. The van der Waals surface area contributed by atoms with E-state index >= 15 is 0 Å². The first kappa shape index (κ1) is 14.9. The van der Waals surface area contributed by atoms with Gasteiger partial charge in [0.15, 0.2) is 5.12 Å². The maximum absolute atomic E-state index is 12.5. The number of hydrogen-bond acceptors (Lipinski definition) is 3. The summed E-state index contributed by atoms with van der Waals surface area (Å²) in [5.41, 5.74) is 0. The van der Waals surface area contributed by atoms with Crippen LogP contribution >= 0.6 is 12.6 Å². The molecule has 0 saturated carbocycles. The Balaban J connectivity index is 2.69. The number of carbonyl (C=O) groups is 3. The van der Waals surface area contributed by atoms with Crippen molar-refractivity contribution in [2.45, 2.75) is 31.7 Å². The molecule has 102 valence electrons. The second kappa shape index (κ2) is 6.12. The van der Waals surface area contributed by atoms with Gasteiger partial charge in [-0.2, -0.15) is 0 Å². The molecule has 1 N–H and O–H groups in total. The molecule has 1 saturated heterocycles. The molecule has 0 aliphatic carbocycles. The second-order valence-corrected chi connectivity index (χ2v) is 4.51. The molecule has 0 aromatic heterocycles. The first-order valence-corrected chi connectivity index (χ1v) is 5.82. The molecular weight excluding hydrogens is 268 g/mol. The minimum Gasteiger partial charge on any atom is -0.480 e. The van der Waals surface area contributed by atoms with Gasteiger partial charge in [0.05, 0.1) is 5.92 Å². The lowest BCUT2D eigenvalue weighted by Crippen LogP contribution is -2.42. The monoisotopic (exact) mass is 281 g/mol. The number of halogens is 2. The normalized spacial score (nSPS) is 21.1. The summed E-state index contributed by atoms with van der Waals surface area (Å²) in [6, 6.07) is -0.981. The van der Waals surface area contributed by atoms with Crippen molar-refractivity contribution in [3.63, 3.8) is 0 Å². The van der Waals surface area contributed by atoms with Crippen LogP contribution in [0.2, 0.25) is 0 Å². The van der Waals surface area contributed by atoms with E-state index in [1.807, 2.05) is 0 Å². The fourth-order valence-electron chi connectivity index (χ4n) is 1.91. The van der Waals surface area contributed by atoms with Crippen LogP contribution in [-0.4, -0.2) is 46.0 Å². The van der Waals surface area contributed by atoms with Crippen molar-refractivity contribution >= 4 is 29.6 Å². The standard InChI is InChI=1S/C10H13F2NO4S/c11-8(12)5(10(17)18)4-7(14)13-3-1-2-6(13)9(15)16/h5-6,8H,1-4H2,(H,15,16)(H,17,18)/t5?,6-/m0/s1. The Morgan fingerprint density at radius 2 is 2.00 bits per heavy atom. The molecule has 1 aliphatic rings. The summed E-state index contributed by atoms with van der Waals surface area (Å²) in [6.45, 7) is 0.215. The number of nitrogens with zero attached hydrogens (tertiary/aromatic N) is 1. The highest BCUT2D eigenvalue weighted by Crippen LogP contribution is 2.23. The second-order valence-electron chi connectivity index (χ2n) is 4.07. The number of carboxylic acid groups (broad SMARTS) is 1. The van der Waals surface area contributed by atoms with E-state index < -0.39 is 41.8 Å². The Labute approximate surface area is 108 Å². The van der Waals surface area contributed by atoms with Crippen LogP contribution in [0.15, 0.2) is 0 Å². The summed E-state index contributed by atoms with van der Waals surface area (Å²) in [5, 5.41) is 7.80. The molecule has 0 spiro atoms. The van der Waals surface area contributed by atoms with Gasteiger partial charge in [0, 0.05) is 13.0 Å². The van der Waals surface area contributed by atoms with E-state index in [9.17, 15) is 23.2 Å². The van der Waals surface area contributed by atoms with E-state index in [1.165, 1.54) is 0 Å². The predicted octanol–water partition coefficient (Wildman–Crippen LogP) is 0.790. The Hall–Kier alpha value is -1.18. The molecule has 0 aromatic carbocycles. The largest absolute Gasteiger partial charge is 0.480 e. The third kappa shape index (κ3) is 3.41. The zero-order valence-electron chi connectivity index (χ0n) is 9.38. The fourth-order valence-corrected chi connectivity index (χ4v) is 2.12. The summed E-state index contributed by atoms with van der Waals surface area (Å²) in [5.74, 6) is -3.69. The van der Waals surface area contributed by atoms with Gasteiger partial charge in [-0.1, -0.05) is 0 Å². The third-order valence-corrected chi connectivity index (χ3v) is 3.21. The van der Waals surface area contributed by atoms with Gasteiger partial charge in [0.1, 0.15) is 6.04 Å². The number of carbonyl (C=O) groups excluding carboxylic acids is 2. The summed E-state index contributed by atoms with van der Waals surface area (Å²) in [6.07, 6.45) is -2.87. The van der Waals surface area contributed by atoms with E-state index in [0.29, 0.717) is 12.8 Å². The average Bonchev–Trinajstić information content (AvgIpc) is 2.73. The molecule has 5 nitrogen and oxygen atoms in total. The molecule has 1 rings (SSSR count). The molecular formula is C10H13F2NO4S. The van der Waals surface area contributed by atoms with Crippen LogP contribution in [0.3, 0.4) is 0 Å². The summed E-state index contributed by atoms with van der Waals surface area (Å²) >= 11 is 3.31. The summed E-state index contributed by atoms with van der Waals surface area (Å²) in [7, 11) is 0. The zero-order chi connectivity index (χ0) is 13.9. The number of carboxylic acids is 1. The molecule has 1 unspecified atom stereocenters. The molecule has 1 amide bonds. The first-order chi connectivity index (χ1) is 8.34. The average molecular weight is 281 g/mol. The van der Waals surface area contributed by atoms with E-state index in [4.69, 9.17) is 5.11 Å². The topological polar surface area (TPSA) is 74.7 Å². The number of likely N-dealkylation sites (tertiary alicyclic amines) is 1. The lowest BCUT2D eigenvalue weighted by molar-refractivity contribution is -0.149. The molecule has 0 radical (unpaired) electrons. The van der Waals surface area contributed by atoms with Crippen molar-refractivity contribution in [1.82, 2.24) is 4.90 Å². The lowest BCUT2D eigenvalue weighted by Gasteiger charge is -2.23. The van der Waals surface area contributed by atoms with E-state index in [-0.39, 0.29) is 6.54 Å². The minimum atomic E-state index is -2.98. The van der Waals surface area contributed by atoms with Crippen molar-refractivity contribution in [3.05, 3.63) is 0 Å². The molecule has 8 heteroatoms. The smallest absolute Gasteiger partial charge is 0.326 e. The number of rotatable bonds is 5. The third-order valence-electron chi connectivity index (χ3n) is 2.87. The molecule has 1 heterocycles. The Bertz CT molecular complexity index is 364. The Morgan fingerprint density at radius 1 is 1.39 bits per heavy atom. The number of hydrogen-bond donors (Lipinski definition) is 2. The zero-order valence-corrected chi connectivity index (χ0v) is 10.3. The predicted molar refractivity (Wildman–Crippen MR) is 60.5 cm³/mol. The molecule has 18 heavy (non-hydrogen) atoms. The maximum atomic E-state index is 12.5. The van der Waals surface area contributed by atoms with Gasteiger partial charge in [-0.15, -0.1) is 12.6 Å². The van der Waals surface area contributed by atoms with Crippen LogP contribution in [0.5, 0.6) is 0 Å². The summed E-state index contributed by atoms with van der Waals surface area (Å²) in [4.78, 5) is 34.5. The SMILES string of the molecule is O=C(S)C(CC(=O)N1CCC[C@H]1C(=O)O)C(F)F. The van der Waals surface area contributed by atoms with Crippen molar-refractivity contribution in [2.24, 2.45) is 5.92 Å². The number of aliphatic carboxylic acids is 1. The molecule has 1 fully saturated rings. The van der Waals surface area contributed by atoms with E-state index in [1.54, 1.807) is 0 Å². The van der Waals surface area contributed by atoms with Crippen LogP contribution in [0.4, 0.5) is 8.78 Å². The molecule has 0 aromatic rings. The van der Waals surface area contributed by atoms with Gasteiger partial charge in [0.2, 0.25) is 12.3 Å². The van der Waals surface area contributed by atoms with Gasteiger partial charge in [-0.3, -0.25) is 9.59 Å². The van der Waals surface area contributed by atoms with Gasteiger partial charge in [0.25, 0.3) is 0 Å². The van der Waals surface area contributed by atoms with Crippen molar-refractivity contribution in [2.75, 3.05) is 6.54 Å². The van der Waals surface area contributed by atoms with Gasteiger partial charge >= 0.3 is 5.97 Å². The Kier molecular flexibility index (Phi) is 5.06. The number of alkyl halides is 2. The van der Waals surface area contributed by atoms with E-state index in [0.717, 1.165) is 4.90 Å². The van der Waals surface area contributed by atoms with Gasteiger partial charge in [-0.05, 0) is 12.8 Å². The maximum Gasteiger partial charge on any atom is 0.326 e. The lowest BCUT2D eigenvalue weighted by atomic mass is 10.1. The highest BCUT2D eigenvalue weighted by Gasteiger charge is 2.37. The first-order valence-electron chi connectivity index (χ1n) is 5.37. The number of amides is 1.